The Morgan fingerprint density at radius 1 is 1.29 bits per heavy atom. The summed E-state index contributed by atoms with van der Waals surface area (Å²) < 4.78 is 10.8. The number of likely N-dealkylation sites (N-methyl/N-ethyl adjacent to an activating group) is 1. The highest BCUT2D eigenvalue weighted by atomic mass is 16.5. The maximum absolute atomic E-state index is 11.9. The highest BCUT2D eigenvalue weighted by Crippen LogP contribution is 2.28. The largest absolute Gasteiger partial charge is 0.465 e. The summed E-state index contributed by atoms with van der Waals surface area (Å²) in [6.45, 7) is 5.82. The van der Waals surface area contributed by atoms with Crippen molar-refractivity contribution in [3.63, 3.8) is 0 Å². The maximum Gasteiger partial charge on any atom is 0.323 e. The lowest BCUT2D eigenvalue weighted by atomic mass is 10.2. The number of rotatable bonds is 12. The second-order valence-electron chi connectivity index (χ2n) is 6.36. The molecule has 1 atom stereocenters. The zero-order valence-electron chi connectivity index (χ0n) is 13.5. The molecule has 0 aromatic rings. The first-order valence-electron chi connectivity index (χ1n) is 8.38. The first kappa shape index (κ1) is 16.7. The van der Waals surface area contributed by atoms with Crippen LogP contribution in [0.25, 0.3) is 0 Å². The first-order chi connectivity index (χ1) is 10.2. The van der Waals surface area contributed by atoms with E-state index in [-0.39, 0.29) is 12.0 Å². The number of carbonyl (C=O) groups is 1. The van der Waals surface area contributed by atoms with Gasteiger partial charge >= 0.3 is 5.97 Å². The van der Waals surface area contributed by atoms with Crippen LogP contribution in [0.15, 0.2) is 0 Å². The summed E-state index contributed by atoms with van der Waals surface area (Å²) in [5.41, 5.74) is 0. The zero-order valence-corrected chi connectivity index (χ0v) is 13.5. The van der Waals surface area contributed by atoms with Crippen molar-refractivity contribution in [3.05, 3.63) is 0 Å². The summed E-state index contributed by atoms with van der Waals surface area (Å²) in [5.74, 6) is 0.717. The quantitative estimate of drug-likeness (QED) is 0.436. The van der Waals surface area contributed by atoms with Crippen LogP contribution < -0.4 is 5.32 Å². The van der Waals surface area contributed by atoms with Gasteiger partial charge in [-0.25, -0.2) is 0 Å². The average molecular weight is 298 g/mol. The van der Waals surface area contributed by atoms with Crippen LogP contribution in [0.3, 0.4) is 0 Å². The van der Waals surface area contributed by atoms with Crippen LogP contribution in [0, 0.1) is 5.92 Å². The monoisotopic (exact) mass is 298 g/mol. The second kappa shape index (κ2) is 8.71. The van der Waals surface area contributed by atoms with Crippen molar-refractivity contribution in [1.29, 1.82) is 0 Å². The minimum atomic E-state index is -0.160. The molecule has 0 aromatic heterocycles. The lowest BCUT2D eigenvalue weighted by Crippen LogP contribution is -2.42. The van der Waals surface area contributed by atoms with E-state index in [1.807, 2.05) is 6.92 Å². The van der Waals surface area contributed by atoms with Gasteiger partial charge in [0.25, 0.3) is 0 Å². The van der Waals surface area contributed by atoms with E-state index < -0.39 is 0 Å². The van der Waals surface area contributed by atoms with Crippen molar-refractivity contribution in [2.75, 3.05) is 40.0 Å². The molecule has 5 heteroatoms. The van der Waals surface area contributed by atoms with E-state index in [1.54, 1.807) is 0 Å². The summed E-state index contributed by atoms with van der Waals surface area (Å²) in [6.07, 6.45) is 5.84. The number of hydrogen-bond acceptors (Lipinski definition) is 5. The average Bonchev–Trinajstić information content (AvgIpc) is 3.35. The van der Waals surface area contributed by atoms with Gasteiger partial charge in [-0.1, -0.05) is 0 Å². The molecule has 1 N–H and O–H groups in total. The van der Waals surface area contributed by atoms with E-state index in [4.69, 9.17) is 9.47 Å². The molecule has 0 amide bonds. The number of nitrogens with zero attached hydrogens (tertiary/aromatic N) is 1. The van der Waals surface area contributed by atoms with E-state index in [0.29, 0.717) is 12.6 Å². The smallest absolute Gasteiger partial charge is 0.323 e. The van der Waals surface area contributed by atoms with Crippen molar-refractivity contribution in [2.24, 2.45) is 5.92 Å². The van der Waals surface area contributed by atoms with E-state index in [9.17, 15) is 4.79 Å². The van der Waals surface area contributed by atoms with Crippen molar-refractivity contribution < 1.29 is 14.3 Å². The van der Waals surface area contributed by atoms with Gasteiger partial charge in [0, 0.05) is 19.2 Å². The van der Waals surface area contributed by atoms with Crippen molar-refractivity contribution in [3.8, 4) is 0 Å². The van der Waals surface area contributed by atoms with Gasteiger partial charge in [-0.2, -0.15) is 0 Å². The Balaban J connectivity index is 1.58. The van der Waals surface area contributed by atoms with E-state index in [1.165, 1.54) is 25.7 Å². The van der Waals surface area contributed by atoms with Gasteiger partial charge in [-0.15, -0.1) is 0 Å². The summed E-state index contributed by atoms with van der Waals surface area (Å²) in [5, 5.41) is 3.39. The Labute approximate surface area is 128 Å². The number of nitrogens with one attached hydrogen (secondary N) is 1. The van der Waals surface area contributed by atoms with Crippen molar-refractivity contribution >= 4 is 5.97 Å². The SMILES string of the molecule is CCOC(=O)C(CCN(C)CCOCC1CC1)NC1CC1. The first-order valence-corrected chi connectivity index (χ1v) is 8.38. The summed E-state index contributed by atoms with van der Waals surface area (Å²) in [7, 11) is 2.08. The molecular formula is C16H30N2O3. The predicted octanol–water partition coefficient (Wildman–Crippen LogP) is 1.42. The van der Waals surface area contributed by atoms with Gasteiger partial charge in [0.05, 0.1) is 13.2 Å². The molecule has 0 heterocycles. The number of hydrogen-bond donors (Lipinski definition) is 1. The van der Waals surface area contributed by atoms with Crippen LogP contribution in [0.1, 0.15) is 39.0 Å². The van der Waals surface area contributed by atoms with E-state index in [0.717, 1.165) is 38.6 Å². The van der Waals surface area contributed by atoms with Crippen LogP contribution in [-0.4, -0.2) is 62.9 Å². The van der Waals surface area contributed by atoms with Crippen molar-refractivity contribution in [2.45, 2.75) is 51.1 Å². The normalized spacial score (nSPS) is 19.8. The molecule has 2 saturated carbocycles. The molecule has 5 nitrogen and oxygen atoms in total. The molecule has 0 bridgehead atoms. The molecule has 0 aromatic carbocycles. The Morgan fingerprint density at radius 3 is 2.67 bits per heavy atom. The highest BCUT2D eigenvalue weighted by Gasteiger charge is 2.29. The lowest BCUT2D eigenvalue weighted by Gasteiger charge is -2.21. The fraction of sp³-hybridized carbons (Fsp3) is 0.938. The summed E-state index contributed by atoms with van der Waals surface area (Å²) in [4.78, 5) is 14.2. The van der Waals surface area contributed by atoms with Gasteiger partial charge in [0.2, 0.25) is 0 Å². The van der Waals surface area contributed by atoms with Crippen LogP contribution in [0.4, 0.5) is 0 Å². The van der Waals surface area contributed by atoms with Gasteiger partial charge in [-0.3, -0.25) is 4.79 Å². The van der Waals surface area contributed by atoms with Crippen LogP contribution in [0.2, 0.25) is 0 Å². The summed E-state index contributed by atoms with van der Waals surface area (Å²) >= 11 is 0. The molecule has 1 unspecified atom stereocenters. The maximum atomic E-state index is 11.9. The minimum Gasteiger partial charge on any atom is -0.465 e. The molecule has 2 rings (SSSR count). The lowest BCUT2D eigenvalue weighted by molar-refractivity contribution is -0.146. The fourth-order valence-electron chi connectivity index (χ4n) is 2.26. The van der Waals surface area contributed by atoms with Gasteiger partial charge in [0.1, 0.15) is 6.04 Å². The number of esters is 1. The Morgan fingerprint density at radius 2 is 2.05 bits per heavy atom. The fourth-order valence-corrected chi connectivity index (χ4v) is 2.26. The zero-order chi connectivity index (χ0) is 15.1. The molecular weight excluding hydrogens is 268 g/mol. The van der Waals surface area contributed by atoms with Crippen LogP contribution in [0.5, 0.6) is 0 Å². The number of carbonyl (C=O) groups excluding carboxylic acids is 1. The van der Waals surface area contributed by atoms with E-state index >= 15 is 0 Å². The third kappa shape index (κ3) is 7.25. The second-order valence-corrected chi connectivity index (χ2v) is 6.36. The van der Waals surface area contributed by atoms with E-state index in [2.05, 4.69) is 17.3 Å². The minimum absolute atomic E-state index is 0.109. The third-order valence-electron chi connectivity index (χ3n) is 4.05. The standard InChI is InChI=1S/C16H30N2O3/c1-3-21-16(19)15(17-14-6-7-14)8-9-18(2)10-11-20-12-13-4-5-13/h13-15,17H,3-12H2,1-2H3. The molecule has 0 radical (unpaired) electrons. The Bertz CT molecular complexity index is 317. The summed E-state index contributed by atoms with van der Waals surface area (Å²) in [6, 6.07) is 0.360. The molecule has 2 fully saturated rings. The Hall–Kier alpha value is -0.650. The van der Waals surface area contributed by atoms with Gasteiger partial charge < -0.3 is 19.7 Å². The molecule has 0 spiro atoms. The van der Waals surface area contributed by atoms with Crippen LogP contribution >= 0.6 is 0 Å². The van der Waals surface area contributed by atoms with Crippen molar-refractivity contribution in [1.82, 2.24) is 10.2 Å². The van der Waals surface area contributed by atoms with Gasteiger partial charge in [-0.05, 0) is 58.5 Å². The molecule has 0 saturated heterocycles. The molecule has 122 valence electrons. The van der Waals surface area contributed by atoms with Crippen LogP contribution in [-0.2, 0) is 14.3 Å². The molecule has 0 aliphatic heterocycles. The predicted molar refractivity (Wildman–Crippen MR) is 82.2 cm³/mol. The molecule has 2 aliphatic carbocycles. The Kier molecular flexibility index (Phi) is 6.93. The topological polar surface area (TPSA) is 50.8 Å². The van der Waals surface area contributed by atoms with Gasteiger partial charge in [0.15, 0.2) is 0 Å². The molecule has 21 heavy (non-hydrogen) atoms. The third-order valence-corrected chi connectivity index (χ3v) is 4.05. The number of ether oxygens (including phenoxy) is 2. The highest BCUT2D eigenvalue weighted by molar-refractivity contribution is 5.75. The molecule has 2 aliphatic rings.